The van der Waals surface area contributed by atoms with Gasteiger partial charge in [0.1, 0.15) is 11.6 Å². The van der Waals surface area contributed by atoms with E-state index in [2.05, 4.69) is 15.6 Å². The fourth-order valence-corrected chi connectivity index (χ4v) is 3.75. The minimum atomic E-state index is -0.435. The Balaban J connectivity index is 1.84. The van der Waals surface area contributed by atoms with E-state index in [-0.39, 0.29) is 36.7 Å². The zero-order valence-corrected chi connectivity index (χ0v) is 18.0. The third-order valence-electron chi connectivity index (χ3n) is 5.16. The number of anilines is 1. The number of rotatable bonds is 8. The van der Waals surface area contributed by atoms with Crippen LogP contribution < -0.4 is 10.6 Å². The Morgan fingerprint density at radius 2 is 2.03 bits per heavy atom. The summed E-state index contributed by atoms with van der Waals surface area (Å²) in [5.74, 6) is -1.08. The molecular formula is C23H26FN3O4. The smallest absolute Gasteiger partial charge is 0.256 e. The van der Waals surface area contributed by atoms with Crippen LogP contribution in [0, 0.1) is 19.7 Å². The third-order valence-corrected chi connectivity index (χ3v) is 5.16. The molecule has 2 heterocycles. The van der Waals surface area contributed by atoms with Crippen LogP contribution >= 0.6 is 0 Å². The summed E-state index contributed by atoms with van der Waals surface area (Å²) in [4.78, 5) is 39.7. The van der Waals surface area contributed by atoms with Gasteiger partial charge in [0.15, 0.2) is 0 Å². The molecule has 0 fully saturated rings. The van der Waals surface area contributed by atoms with Gasteiger partial charge in [-0.1, -0.05) is 0 Å². The van der Waals surface area contributed by atoms with Crippen LogP contribution in [0.5, 0.6) is 0 Å². The standard InChI is InChI=1S/C23H26FN3O4/c1-5-31-16(8-12(2)28)11-25-23(30)21-13(3)20(26-14(21)4)10-18-17-9-15(24)6-7-19(17)27-22(18)29/h6-7,9-10,16,26H,5,8,11H2,1-4H3,(H,25,30)(H,27,29). The summed E-state index contributed by atoms with van der Waals surface area (Å²) >= 11 is 0. The summed E-state index contributed by atoms with van der Waals surface area (Å²) < 4.78 is 19.2. The molecule has 0 aliphatic carbocycles. The highest BCUT2D eigenvalue weighted by Gasteiger charge is 2.26. The summed E-state index contributed by atoms with van der Waals surface area (Å²) in [6.45, 7) is 7.51. The molecule has 1 aliphatic rings. The summed E-state index contributed by atoms with van der Waals surface area (Å²) in [7, 11) is 0. The Labute approximate surface area is 180 Å². The number of carbonyl (C=O) groups excluding carboxylic acids is 3. The topological polar surface area (TPSA) is 100 Å². The number of aryl methyl sites for hydroxylation is 1. The highest BCUT2D eigenvalue weighted by atomic mass is 19.1. The van der Waals surface area contributed by atoms with E-state index in [9.17, 15) is 18.8 Å². The average molecular weight is 427 g/mol. The highest BCUT2D eigenvalue weighted by Crippen LogP contribution is 2.34. The number of Topliss-reactive ketones (excluding diaryl/α,β-unsaturated/α-hetero) is 1. The van der Waals surface area contributed by atoms with E-state index in [1.807, 2.05) is 6.92 Å². The first-order chi connectivity index (χ1) is 14.7. The van der Waals surface area contributed by atoms with Crippen LogP contribution in [-0.4, -0.2) is 41.8 Å². The molecule has 0 radical (unpaired) electrons. The van der Waals surface area contributed by atoms with E-state index in [0.717, 1.165) is 0 Å². The third kappa shape index (κ3) is 4.91. The SMILES string of the molecule is CCOC(CNC(=O)c1c(C)[nH]c(C=C2C(=O)Nc3ccc(F)cc32)c1C)CC(C)=O. The van der Waals surface area contributed by atoms with Crippen molar-refractivity contribution < 1.29 is 23.5 Å². The number of carbonyl (C=O) groups is 3. The van der Waals surface area contributed by atoms with Gasteiger partial charge in [-0.25, -0.2) is 4.39 Å². The van der Waals surface area contributed by atoms with Crippen LogP contribution in [0.15, 0.2) is 18.2 Å². The highest BCUT2D eigenvalue weighted by molar-refractivity contribution is 6.34. The first kappa shape index (κ1) is 22.4. The molecule has 1 unspecified atom stereocenters. The average Bonchev–Trinajstić information content (AvgIpc) is 3.15. The molecule has 164 valence electrons. The molecule has 8 heteroatoms. The molecular weight excluding hydrogens is 401 g/mol. The molecule has 1 aliphatic heterocycles. The first-order valence-electron chi connectivity index (χ1n) is 10.1. The molecule has 7 nitrogen and oxygen atoms in total. The molecule has 3 rings (SSSR count). The van der Waals surface area contributed by atoms with Gasteiger partial charge in [0.2, 0.25) is 0 Å². The van der Waals surface area contributed by atoms with Gasteiger partial charge in [0.05, 0.1) is 17.2 Å². The Kier molecular flexibility index (Phi) is 6.70. The van der Waals surface area contributed by atoms with Gasteiger partial charge in [0, 0.05) is 42.2 Å². The number of ketones is 1. The number of nitrogens with one attached hydrogen (secondary N) is 3. The minimum absolute atomic E-state index is 0.0119. The van der Waals surface area contributed by atoms with Gasteiger partial charge in [-0.05, 0) is 57.5 Å². The van der Waals surface area contributed by atoms with Crippen LogP contribution in [0.2, 0.25) is 0 Å². The number of hydrogen-bond donors (Lipinski definition) is 3. The summed E-state index contributed by atoms with van der Waals surface area (Å²) in [6, 6.07) is 4.11. The number of amides is 2. The van der Waals surface area contributed by atoms with E-state index < -0.39 is 5.82 Å². The number of H-pyrrole nitrogens is 1. The van der Waals surface area contributed by atoms with Crippen molar-refractivity contribution in [3.05, 3.63) is 52.1 Å². The lowest BCUT2D eigenvalue weighted by Gasteiger charge is -2.16. The molecule has 3 N–H and O–H groups in total. The van der Waals surface area contributed by atoms with E-state index in [4.69, 9.17) is 4.74 Å². The van der Waals surface area contributed by atoms with Crippen molar-refractivity contribution in [2.45, 2.75) is 40.2 Å². The zero-order chi connectivity index (χ0) is 22.7. The molecule has 0 saturated carbocycles. The maximum Gasteiger partial charge on any atom is 0.256 e. The molecule has 0 saturated heterocycles. The van der Waals surface area contributed by atoms with Crippen molar-refractivity contribution >= 4 is 34.9 Å². The lowest BCUT2D eigenvalue weighted by atomic mass is 10.0. The molecule has 1 aromatic heterocycles. The lowest BCUT2D eigenvalue weighted by molar-refractivity contribution is -0.119. The summed E-state index contributed by atoms with van der Waals surface area (Å²) in [5.41, 5.74) is 3.70. The number of halogens is 1. The van der Waals surface area contributed by atoms with Crippen LogP contribution in [0.3, 0.4) is 0 Å². The largest absolute Gasteiger partial charge is 0.376 e. The quantitative estimate of drug-likeness (QED) is 0.562. The van der Waals surface area contributed by atoms with Crippen molar-refractivity contribution in [1.82, 2.24) is 10.3 Å². The van der Waals surface area contributed by atoms with Crippen molar-refractivity contribution in [3.63, 3.8) is 0 Å². The second-order valence-electron chi connectivity index (χ2n) is 7.56. The van der Waals surface area contributed by atoms with Gasteiger partial charge in [-0.3, -0.25) is 14.4 Å². The van der Waals surface area contributed by atoms with Gasteiger partial charge < -0.3 is 20.4 Å². The fourth-order valence-electron chi connectivity index (χ4n) is 3.75. The lowest BCUT2D eigenvalue weighted by Crippen LogP contribution is -2.35. The molecule has 1 aromatic carbocycles. The van der Waals surface area contributed by atoms with E-state index >= 15 is 0 Å². The minimum Gasteiger partial charge on any atom is -0.376 e. The van der Waals surface area contributed by atoms with Gasteiger partial charge >= 0.3 is 0 Å². The zero-order valence-electron chi connectivity index (χ0n) is 18.0. The first-order valence-corrected chi connectivity index (χ1v) is 10.1. The molecule has 1 atom stereocenters. The molecule has 0 spiro atoms. The number of aromatic nitrogens is 1. The Bertz CT molecular complexity index is 1070. The van der Waals surface area contributed by atoms with Crippen LogP contribution in [0.1, 0.15) is 53.1 Å². The Morgan fingerprint density at radius 3 is 2.71 bits per heavy atom. The van der Waals surface area contributed by atoms with Gasteiger partial charge in [-0.2, -0.15) is 0 Å². The predicted octanol–water partition coefficient (Wildman–Crippen LogP) is 3.38. The Morgan fingerprint density at radius 1 is 1.29 bits per heavy atom. The van der Waals surface area contributed by atoms with E-state index in [1.54, 1.807) is 19.9 Å². The van der Waals surface area contributed by atoms with Crippen LogP contribution in [0.4, 0.5) is 10.1 Å². The normalized spacial score (nSPS) is 15.0. The summed E-state index contributed by atoms with van der Waals surface area (Å²) in [6.07, 6.45) is 1.46. The van der Waals surface area contributed by atoms with Crippen molar-refractivity contribution in [2.75, 3.05) is 18.5 Å². The number of fused-ring (bicyclic) bond motifs is 1. The van der Waals surface area contributed by atoms with E-state index in [1.165, 1.54) is 25.1 Å². The number of hydrogen-bond acceptors (Lipinski definition) is 4. The number of aromatic amines is 1. The maximum atomic E-state index is 13.7. The number of ether oxygens (including phenoxy) is 1. The van der Waals surface area contributed by atoms with Crippen molar-refractivity contribution in [3.8, 4) is 0 Å². The van der Waals surface area contributed by atoms with Crippen LogP contribution in [0.25, 0.3) is 11.6 Å². The molecule has 2 amide bonds. The second kappa shape index (κ2) is 9.26. The van der Waals surface area contributed by atoms with Crippen molar-refractivity contribution in [2.24, 2.45) is 0 Å². The van der Waals surface area contributed by atoms with E-state index in [0.29, 0.717) is 45.9 Å². The monoisotopic (exact) mass is 427 g/mol. The van der Waals surface area contributed by atoms with Gasteiger partial charge in [0.25, 0.3) is 11.8 Å². The Hall–Kier alpha value is -3.26. The maximum absolute atomic E-state index is 13.7. The second-order valence-corrected chi connectivity index (χ2v) is 7.56. The molecule has 0 bridgehead atoms. The molecule has 31 heavy (non-hydrogen) atoms. The summed E-state index contributed by atoms with van der Waals surface area (Å²) in [5, 5.41) is 5.53. The van der Waals surface area contributed by atoms with Gasteiger partial charge in [-0.15, -0.1) is 0 Å². The molecule has 2 aromatic rings. The fraction of sp³-hybridized carbons (Fsp3) is 0.348. The van der Waals surface area contributed by atoms with Crippen LogP contribution in [-0.2, 0) is 14.3 Å². The van der Waals surface area contributed by atoms with Crippen molar-refractivity contribution in [1.29, 1.82) is 0 Å². The predicted molar refractivity (Wildman–Crippen MR) is 116 cm³/mol. The number of benzene rings is 1.